The van der Waals surface area contributed by atoms with Gasteiger partial charge >= 0.3 is 0 Å². The zero-order chi connectivity index (χ0) is 16.4. The number of ether oxygens (including phenoxy) is 2. The number of hydrogen-bond acceptors (Lipinski definition) is 3. The van der Waals surface area contributed by atoms with Gasteiger partial charge in [0.25, 0.3) is 0 Å². The Balaban J connectivity index is 2.61. The molecule has 0 heterocycles. The molecule has 1 aromatic rings. The van der Waals surface area contributed by atoms with Crippen LogP contribution in [-0.2, 0) is 4.79 Å². The highest BCUT2D eigenvalue weighted by Crippen LogP contribution is 2.24. The van der Waals surface area contributed by atoms with Gasteiger partial charge < -0.3 is 14.8 Å². The van der Waals surface area contributed by atoms with E-state index in [0.717, 1.165) is 24.2 Å². The average molecular weight is 305 g/mol. The number of carbonyl (C=O) groups excluding carboxylic acids is 1. The second-order valence-corrected chi connectivity index (χ2v) is 5.35. The molecule has 0 saturated carbocycles. The number of carbonyl (C=O) groups is 1. The normalized spacial score (nSPS) is 12.2. The van der Waals surface area contributed by atoms with Gasteiger partial charge in [-0.2, -0.15) is 0 Å². The third-order valence-electron chi connectivity index (χ3n) is 3.48. The zero-order valence-electron chi connectivity index (χ0n) is 14.0. The standard InChI is InChI=1S/C18H27NO3/c1-5-6-7-8-14(2)19-18(20)12-9-15-13-16(21-3)10-11-17(15)22-4/h9-14H,5-8H2,1-4H3,(H,19,20)/b12-9+. The fourth-order valence-electron chi connectivity index (χ4n) is 2.20. The first kappa shape index (κ1) is 18.1. The van der Waals surface area contributed by atoms with Gasteiger partial charge in [0.1, 0.15) is 11.5 Å². The Labute approximate surface area is 133 Å². The van der Waals surface area contributed by atoms with Crippen LogP contribution in [0.1, 0.15) is 45.1 Å². The summed E-state index contributed by atoms with van der Waals surface area (Å²) >= 11 is 0. The van der Waals surface area contributed by atoms with Crippen LogP contribution in [0.5, 0.6) is 11.5 Å². The topological polar surface area (TPSA) is 47.6 Å². The van der Waals surface area contributed by atoms with Crippen LogP contribution in [0.2, 0.25) is 0 Å². The highest BCUT2D eigenvalue weighted by Gasteiger charge is 2.06. The molecule has 1 unspecified atom stereocenters. The monoisotopic (exact) mass is 305 g/mol. The van der Waals surface area contributed by atoms with Crippen LogP contribution in [0.15, 0.2) is 24.3 Å². The summed E-state index contributed by atoms with van der Waals surface area (Å²) in [6, 6.07) is 5.68. The lowest BCUT2D eigenvalue weighted by molar-refractivity contribution is -0.117. The molecule has 0 fully saturated rings. The molecule has 0 aliphatic rings. The molecule has 4 heteroatoms. The van der Waals surface area contributed by atoms with Gasteiger partial charge in [0.2, 0.25) is 5.91 Å². The molecule has 0 bridgehead atoms. The Hall–Kier alpha value is -1.97. The van der Waals surface area contributed by atoms with Gasteiger partial charge in [-0.15, -0.1) is 0 Å². The molecule has 0 radical (unpaired) electrons. The maximum Gasteiger partial charge on any atom is 0.244 e. The van der Waals surface area contributed by atoms with E-state index in [2.05, 4.69) is 12.2 Å². The van der Waals surface area contributed by atoms with Crippen molar-refractivity contribution >= 4 is 12.0 Å². The van der Waals surface area contributed by atoms with Gasteiger partial charge in [-0.3, -0.25) is 4.79 Å². The summed E-state index contributed by atoms with van der Waals surface area (Å²) in [5, 5.41) is 2.98. The largest absolute Gasteiger partial charge is 0.497 e. The van der Waals surface area contributed by atoms with E-state index in [4.69, 9.17) is 9.47 Å². The minimum atomic E-state index is -0.0890. The van der Waals surface area contributed by atoms with E-state index in [1.165, 1.54) is 18.9 Å². The summed E-state index contributed by atoms with van der Waals surface area (Å²) in [4.78, 5) is 11.9. The van der Waals surface area contributed by atoms with Crippen LogP contribution in [0.4, 0.5) is 0 Å². The molecule has 1 aromatic carbocycles. The molecule has 1 N–H and O–H groups in total. The summed E-state index contributed by atoms with van der Waals surface area (Å²) < 4.78 is 10.5. The van der Waals surface area contributed by atoms with Crippen LogP contribution < -0.4 is 14.8 Å². The van der Waals surface area contributed by atoms with Gasteiger partial charge in [-0.05, 0) is 37.6 Å². The first-order chi connectivity index (χ1) is 10.6. The minimum Gasteiger partial charge on any atom is -0.497 e. The van der Waals surface area contributed by atoms with Gasteiger partial charge in [0.05, 0.1) is 14.2 Å². The van der Waals surface area contributed by atoms with Gasteiger partial charge in [0.15, 0.2) is 0 Å². The van der Waals surface area contributed by atoms with Crippen LogP contribution in [0.25, 0.3) is 6.08 Å². The maximum absolute atomic E-state index is 11.9. The molecule has 0 spiro atoms. The highest BCUT2D eigenvalue weighted by molar-refractivity contribution is 5.92. The smallest absolute Gasteiger partial charge is 0.244 e. The molecule has 0 saturated heterocycles. The lowest BCUT2D eigenvalue weighted by Crippen LogP contribution is -2.30. The van der Waals surface area contributed by atoms with E-state index >= 15 is 0 Å². The number of hydrogen-bond donors (Lipinski definition) is 1. The first-order valence-corrected chi connectivity index (χ1v) is 7.81. The van der Waals surface area contributed by atoms with Crippen molar-refractivity contribution in [2.24, 2.45) is 0 Å². The number of unbranched alkanes of at least 4 members (excludes halogenated alkanes) is 2. The lowest BCUT2D eigenvalue weighted by Gasteiger charge is -2.12. The lowest BCUT2D eigenvalue weighted by atomic mass is 10.1. The van der Waals surface area contributed by atoms with Crippen LogP contribution in [0.3, 0.4) is 0 Å². The van der Waals surface area contributed by atoms with E-state index in [9.17, 15) is 4.79 Å². The molecule has 1 atom stereocenters. The Bertz CT molecular complexity index is 497. The van der Waals surface area contributed by atoms with E-state index < -0.39 is 0 Å². The van der Waals surface area contributed by atoms with Gasteiger partial charge in [-0.25, -0.2) is 0 Å². The maximum atomic E-state index is 11.9. The van der Waals surface area contributed by atoms with E-state index in [1.54, 1.807) is 20.3 Å². The van der Waals surface area contributed by atoms with Crippen LogP contribution >= 0.6 is 0 Å². The van der Waals surface area contributed by atoms with E-state index in [-0.39, 0.29) is 11.9 Å². The Kier molecular flexibility index (Phi) is 8.11. The quantitative estimate of drug-likeness (QED) is 0.557. The van der Waals surface area contributed by atoms with Crippen molar-refractivity contribution in [1.82, 2.24) is 5.32 Å². The highest BCUT2D eigenvalue weighted by atomic mass is 16.5. The van der Waals surface area contributed by atoms with Crippen molar-refractivity contribution in [2.45, 2.75) is 45.6 Å². The molecule has 1 rings (SSSR count). The number of nitrogens with one attached hydrogen (secondary N) is 1. The molecule has 122 valence electrons. The van der Waals surface area contributed by atoms with E-state index in [0.29, 0.717) is 5.75 Å². The van der Waals surface area contributed by atoms with Crippen molar-refractivity contribution in [3.8, 4) is 11.5 Å². The van der Waals surface area contributed by atoms with Crippen LogP contribution in [0, 0.1) is 0 Å². The summed E-state index contributed by atoms with van der Waals surface area (Å²) in [7, 11) is 3.22. The third kappa shape index (κ3) is 6.20. The average Bonchev–Trinajstić information content (AvgIpc) is 2.52. The predicted octanol–water partition coefficient (Wildman–Crippen LogP) is 3.80. The van der Waals surface area contributed by atoms with Crippen molar-refractivity contribution < 1.29 is 14.3 Å². The number of methoxy groups -OCH3 is 2. The second kappa shape index (κ2) is 9.87. The summed E-state index contributed by atoms with van der Waals surface area (Å²) in [5.41, 5.74) is 0.815. The molecule has 0 aliphatic heterocycles. The molecular formula is C18H27NO3. The molecular weight excluding hydrogens is 278 g/mol. The molecule has 0 aliphatic carbocycles. The molecule has 0 aromatic heterocycles. The Morgan fingerprint density at radius 1 is 1.27 bits per heavy atom. The molecule has 1 amide bonds. The fourth-order valence-corrected chi connectivity index (χ4v) is 2.20. The van der Waals surface area contributed by atoms with Gasteiger partial charge in [-0.1, -0.05) is 26.2 Å². The zero-order valence-corrected chi connectivity index (χ0v) is 14.0. The van der Waals surface area contributed by atoms with Gasteiger partial charge in [0, 0.05) is 17.7 Å². The van der Waals surface area contributed by atoms with E-state index in [1.807, 2.05) is 25.1 Å². The number of benzene rings is 1. The second-order valence-electron chi connectivity index (χ2n) is 5.35. The molecule has 4 nitrogen and oxygen atoms in total. The molecule has 22 heavy (non-hydrogen) atoms. The van der Waals surface area contributed by atoms with Crippen molar-refractivity contribution in [3.05, 3.63) is 29.8 Å². The number of amides is 1. The van der Waals surface area contributed by atoms with Crippen molar-refractivity contribution in [2.75, 3.05) is 14.2 Å². The summed E-state index contributed by atoms with van der Waals surface area (Å²) in [6.45, 7) is 4.21. The Morgan fingerprint density at radius 3 is 2.68 bits per heavy atom. The fraction of sp³-hybridized carbons (Fsp3) is 0.500. The number of rotatable bonds is 9. The Morgan fingerprint density at radius 2 is 2.05 bits per heavy atom. The summed E-state index contributed by atoms with van der Waals surface area (Å²) in [6.07, 6.45) is 7.83. The SMILES string of the molecule is CCCCCC(C)NC(=O)/C=C/c1cc(OC)ccc1OC. The predicted molar refractivity (Wildman–Crippen MR) is 90.3 cm³/mol. The van der Waals surface area contributed by atoms with Crippen molar-refractivity contribution in [3.63, 3.8) is 0 Å². The first-order valence-electron chi connectivity index (χ1n) is 7.81. The third-order valence-corrected chi connectivity index (χ3v) is 3.48. The minimum absolute atomic E-state index is 0.0890. The summed E-state index contributed by atoms with van der Waals surface area (Å²) in [5.74, 6) is 1.35. The van der Waals surface area contributed by atoms with Crippen molar-refractivity contribution in [1.29, 1.82) is 0 Å². The van der Waals surface area contributed by atoms with Crippen LogP contribution in [-0.4, -0.2) is 26.2 Å².